The molecule has 8 rings (SSSR count). The molecular weight excluding hydrogens is 539 g/mol. The van der Waals surface area contributed by atoms with Crippen LogP contribution in [0.25, 0.3) is 0 Å². The van der Waals surface area contributed by atoms with Crippen LogP contribution in [-0.2, 0) is 51.3 Å². The number of rotatable bonds is 6. The number of hydrogen-bond donors (Lipinski definition) is 2. The van der Waals surface area contributed by atoms with Gasteiger partial charge in [0.1, 0.15) is 5.75 Å². The third-order valence-corrected chi connectivity index (χ3v) is 12.2. The molecule has 0 spiro atoms. The number of aryl methyl sites for hydroxylation is 2. The summed E-state index contributed by atoms with van der Waals surface area (Å²) >= 11 is 0. The minimum absolute atomic E-state index is 0.00279. The third-order valence-electron chi connectivity index (χ3n) is 10.9. The van der Waals surface area contributed by atoms with Crippen LogP contribution in [0.15, 0.2) is 29.2 Å². The summed E-state index contributed by atoms with van der Waals surface area (Å²) in [4.78, 5) is 13.1. The van der Waals surface area contributed by atoms with Crippen LogP contribution in [-0.4, -0.2) is 40.4 Å². The maximum absolute atomic E-state index is 13.4. The van der Waals surface area contributed by atoms with Crippen molar-refractivity contribution in [2.75, 3.05) is 12.4 Å². The molecule has 4 atom stereocenters. The van der Waals surface area contributed by atoms with Crippen molar-refractivity contribution in [3.63, 3.8) is 0 Å². The number of methoxy groups -OCH3 is 1. The van der Waals surface area contributed by atoms with E-state index in [0.717, 1.165) is 68.2 Å². The summed E-state index contributed by atoms with van der Waals surface area (Å²) in [6.07, 6.45) is 8.43. The first-order valence-electron chi connectivity index (χ1n) is 15.0. The minimum atomic E-state index is -4.14. The zero-order valence-corrected chi connectivity index (χ0v) is 25.2. The van der Waals surface area contributed by atoms with Gasteiger partial charge in [-0.2, -0.15) is 0 Å². The Morgan fingerprint density at radius 2 is 1.76 bits per heavy atom. The van der Waals surface area contributed by atoms with E-state index in [9.17, 15) is 13.2 Å². The first-order valence-corrected chi connectivity index (χ1v) is 16.5. The number of anilines is 1. The van der Waals surface area contributed by atoms with E-state index >= 15 is 0 Å². The highest BCUT2D eigenvalue weighted by Gasteiger charge is 2.67. The number of carbonyl (C=O) groups is 1. The maximum atomic E-state index is 13.4. The van der Waals surface area contributed by atoms with Crippen molar-refractivity contribution in [2.24, 2.45) is 17.3 Å². The Labute approximate surface area is 243 Å². The Morgan fingerprint density at radius 1 is 1.05 bits per heavy atom. The first-order chi connectivity index (χ1) is 19.5. The molecule has 1 aliphatic heterocycles. The van der Waals surface area contributed by atoms with Crippen molar-refractivity contribution in [1.82, 2.24) is 4.72 Å². The smallest absolute Gasteiger partial charge is 0.462 e. The number of nitrogens with one attached hydrogen (secondary N) is 2. The molecule has 218 valence electrons. The molecule has 1 saturated heterocycles. The van der Waals surface area contributed by atoms with Gasteiger partial charge in [0.2, 0.25) is 0 Å². The van der Waals surface area contributed by atoms with Gasteiger partial charge in [-0.05, 0) is 122 Å². The fraction of sp³-hybridized carbons (Fsp3) is 0.581. The molecule has 0 aromatic heterocycles. The number of ether oxygens (including phenoxy) is 1. The number of fused-ring (bicyclic) bond motifs is 2. The highest BCUT2D eigenvalue weighted by molar-refractivity contribution is 7.90. The van der Waals surface area contributed by atoms with E-state index in [1.165, 1.54) is 17.2 Å². The van der Waals surface area contributed by atoms with Crippen LogP contribution in [0.2, 0.25) is 0 Å². The average molecular weight is 579 g/mol. The standard InChI is InChI=1S/C31H39BN2O6S/c1-30(2)21-15-26(30)31(3)27(16-21)39-32(40-31)17-20-14-22(11-12-25(20)38-4)41(36,37)34-29(35)33-28-23-9-5-7-18(23)13-19-8-6-10-24(19)28/h11-14,21,26-27H,5-10,15-17H2,1-4H3,(H2,33,34,35)/t21-,26-,27+,31-/m0/s1. The van der Waals surface area contributed by atoms with Crippen molar-refractivity contribution in [2.45, 2.75) is 95.1 Å². The van der Waals surface area contributed by atoms with Crippen molar-refractivity contribution >= 4 is 28.9 Å². The first kappa shape index (κ1) is 27.3. The van der Waals surface area contributed by atoms with Crippen LogP contribution in [0.3, 0.4) is 0 Å². The Kier molecular flexibility index (Phi) is 6.31. The van der Waals surface area contributed by atoms with Gasteiger partial charge in [0.25, 0.3) is 10.0 Å². The number of hydrogen-bond acceptors (Lipinski definition) is 6. The maximum Gasteiger partial charge on any atom is 0.462 e. The molecular formula is C31H39BN2O6S. The van der Waals surface area contributed by atoms with E-state index in [1.807, 2.05) is 0 Å². The molecule has 2 aromatic carbocycles. The molecule has 2 amide bonds. The molecule has 2 aromatic rings. The van der Waals surface area contributed by atoms with E-state index in [4.69, 9.17) is 14.0 Å². The topological polar surface area (TPSA) is 103 Å². The van der Waals surface area contributed by atoms with E-state index < -0.39 is 23.2 Å². The Morgan fingerprint density at radius 3 is 2.41 bits per heavy atom. The lowest BCUT2D eigenvalue weighted by Crippen LogP contribution is -2.65. The predicted octanol–water partition coefficient (Wildman–Crippen LogP) is 4.99. The van der Waals surface area contributed by atoms with E-state index in [0.29, 0.717) is 29.5 Å². The van der Waals surface area contributed by atoms with Gasteiger partial charge in [0.05, 0.1) is 23.7 Å². The zero-order chi connectivity index (χ0) is 28.7. The second kappa shape index (κ2) is 9.48. The molecule has 5 aliphatic carbocycles. The van der Waals surface area contributed by atoms with Crippen LogP contribution >= 0.6 is 0 Å². The summed E-state index contributed by atoms with van der Waals surface area (Å²) in [7, 11) is -3.07. The van der Waals surface area contributed by atoms with Gasteiger partial charge in [0.15, 0.2) is 0 Å². The normalized spacial score (nSPS) is 28.9. The van der Waals surface area contributed by atoms with Crippen LogP contribution < -0.4 is 14.8 Å². The molecule has 2 bridgehead atoms. The van der Waals surface area contributed by atoms with Crippen molar-refractivity contribution in [1.29, 1.82) is 0 Å². The second-order valence-corrected chi connectivity index (χ2v) is 15.1. The molecule has 41 heavy (non-hydrogen) atoms. The summed E-state index contributed by atoms with van der Waals surface area (Å²) < 4.78 is 47.6. The summed E-state index contributed by atoms with van der Waals surface area (Å²) in [6.45, 7) is 6.81. The monoisotopic (exact) mass is 578 g/mol. The van der Waals surface area contributed by atoms with E-state index in [1.54, 1.807) is 19.2 Å². The van der Waals surface area contributed by atoms with Gasteiger partial charge in [-0.1, -0.05) is 19.9 Å². The third kappa shape index (κ3) is 4.31. The fourth-order valence-corrected chi connectivity index (χ4v) is 9.54. The largest absolute Gasteiger partial charge is 0.497 e. The fourth-order valence-electron chi connectivity index (χ4n) is 8.59. The molecule has 4 fully saturated rings. The summed E-state index contributed by atoms with van der Waals surface area (Å²) in [5.74, 6) is 1.64. The summed E-state index contributed by atoms with van der Waals surface area (Å²) in [5, 5.41) is 2.92. The van der Waals surface area contributed by atoms with Crippen LogP contribution in [0.1, 0.15) is 74.3 Å². The summed E-state index contributed by atoms with van der Waals surface area (Å²) in [6, 6.07) is 6.19. The van der Waals surface area contributed by atoms with Crippen LogP contribution in [0.5, 0.6) is 5.75 Å². The lowest BCUT2D eigenvalue weighted by molar-refractivity contribution is -0.199. The molecule has 8 nitrogen and oxygen atoms in total. The highest BCUT2D eigenvalue weighted by atomic mass is 32.2. The van der Waals surface area contributed by atoms with Crippen molar-refractivity contribution in [3.8, 4) is 5.75 Å². The predicted molar refractivity (Wildman–Crippen MR) is 157 cm³/mol. The average Bonchev–Trinajstić information content (AvgIpc) is 3.65. The number of carbonyl (C=O) groups excluding carboxylic acids is 1. The Balaban J connectivity index is 1.09. The highest BCUT2D eigenvalue weighted by Crippen LogP contribution is 2.65. The van der Waals surface area contributed by atoms with Gasteiger partial charge in [-0.15, -0.1) is 0 Å². The Hall–Kier alpha value is -2.56. The quantitative estimate of drug-likeness (QED) is 0.469. The molecule has 6 aliphatic rings. The number of amides is 2. The van der Waals surface area contributed by atoms with Gasteiger partial charge < -0.3 is 19.4 Å². The molecule has 10 heteroatoms. The lowest BCUT2D eigenvalue weighted by atomic mass is 9.43. The summed E-state index contributed by atoms with van der Waals surface area (Å²) in [5.41, 5.74) is 6.20. The van der Waals surface area contributed by atoms with Gasteiger partial charge in [-0.25, -0.2) is 17.9 Å². The SMILES string of the molecule is COc1ccc(S(=O)(=O)NC(=O)Nc2c3c(cc4c2CCC4)CCC3)cc1CB1O[C@@H]2C[C@@H]3C[C@@H](C3(C)C)[C@]2(C)O1. The van der Waals surface area contributed by atoms with E-state index in [2.05, 4.69) is 36.9 Å². The molecule has 1 heterocycles. The number of sulfonamides is 1. The van der Waals surface area contributed by atoms with Crippen molar-refractivity contribution in [3.05, 3.63) is 52.1 Å². The second-order valence-electron chi connectivity index (χ2n) is 13.4. The molecule has 0 unspecified atom stereocenters. The van der Waals surface area contributed by atoms with E-state index in [-0.39, 0.29) is 22.0 Å². The molecule has 0 radical (unpaired) electrons. The minimum Gasteiger partial charge on any atom is -0.497 e. The van der Waals surface area contributed by atoms with Gasteiger partial charge in [-0.3, -0.25) is 0 Å². The molecule has 2 N–H and O–H groups in total. The van der Waals surface area contributed by atoms with Gasteiger partial charge >= 0.3 is 13.1 Å². The molecule has 3 saturated carbocycles. The Bertz CT molecular complexity index is 1510. The van der Waals surface area contributed by atoms with Crippen LogP contribution in [0.4, 0.5) is 10.5 Å². The number of benzene rings is 2. The van der Waals surface area contributed by atoms with Gasteiger partial charge in [0, 0.05) is 12.0 Å². The lowest BCUT2D eigenvalue weighted by Gasteiger charge is -2.64. The number of urea groups is 1. The zero-order valence-electron chi connectivity index (χ0n) is 24.3. The van der Waals surface area contributed by atoms with Crippen LogP contribution in [0, 0.1) is 17.3 Å². The van der Waals surface area contributed by atoms with Crippen molar-refractivity contribution < 1.29 is 27.3 Å².